The molecule has 0 saturated heterocycles. The molecule has 0 bridgehead atoms. The van der Waals surface area contributed by atoms with E-state index in [0.717, 1.165) is 18.4 Å². The molecule has 1 fully saturated rings. The van der Waals surface area contributed by atoms with Crippen molar-refractivity contribution >= 4 is 18.1 Å². The fraction of sp³-hybridized carbons (Fsp3) is 0.464. The fourth-order valence-electron chi connectivity index (χ4n) is 4.07. The Bertz CT molecular complexity index is 1100. The Kier molecular flexibility index (Phi) is 9.81. The summed E-state index contributed by atoms with van der Waals surface area (Å²) in [5, 5.41) is 18.7. The van der Waals surface area contributed by atoms with E-state index < -0.39 is 17.8 Å². The number of hydrogen-bond donors (Lipinski definition) is 4. The van der Waals surface area contributed by atoms with Crippen molar-refractivity contribution in [3.05, 3.63) is 53.6 Å². The smallest absolute Gasteiger partial charge is 0.407 e. The largest absolute Gasteiger partial charge is 0.508 e. The highest BCUT2D eigenvalue weighted by Crippen LogP contribution is 2.28. The van der Waals surface area contributed by atoms with E-state index in [0.29, 0.717) is 37.5 Å². The predicted molar refractivity (Wildman–Crippen MR) is 141 cm³/mol. The lowest BCUT2D eigenvalue weighted by atomic mass is 9.91. The van der Waals surface area contributed by atoms with Crippen molar-refractivity contribution in [2.24, 2.45) is 0 Å². The van der Waals surface area contributed by atoms with Gasteiger partial charge in [-0.25, -0.2) is 9.59 Å². The second-order valence-electron chi connectivity index (χ2n) is 10.2. The lowest BCUT2D eigenvalue weighted by molar-refractivity contribution is 0.0487. The third kappa shape index (κ3) is 9.49. The number of aromatic hydroxyl groups is 1. The zero-order valence-electron chi connectivity index (χ0n) is 22.3. The summed E-state index contributed by atoms with van der Waals surface area (Å²) in [5.41, 5.74) is 0.590. The van der Waals surface area contributed by atoms with Gasteiger partial charge >= 0.3 is 12.2 Å². The Hall–Kier alpha value is -3.95. The van der Waals surface area contributed by atoms with Gasteiger partial charge in [-0.2, -0.15) is 0 Å². The number of benzene rings is 2. The molecular weight excluding hydrogens is 490 g/mol. The van der Waals surface area contributed by atoms with Crippen LogP contribution in [0.2, 0.25) is 0 Å². The van der Waals surface area contributed by atoms with Crippen LogP contribution in [0, 0.1) is 0 Å². The molecule has 0 unspecified atom stereocenters. The van der Waals surface area contributed by atoms with E-state index >= 15 is 0 Å². The summed E-state index contributed by atoms with van der Waals surface area (Å²) in [6.45, 7) is 7.81. The molecule has 1 aliphatic rings. The van der Waals surface area contributed by atoms with Crippen molar-refractivity contribution in [1.82, 2.24) is 16.0 Å². The van der Waals surface area contributed by atoms with Crippen molar-refractivity contribution in [2.75, 3.05) is 6.61 Å². The number of carbonyl (C=O) groups excluding carboxylic acids is 3. The van der Waals surface area contributed by atoms with Crippen LogP contribution in [0.4, 0.5) is 9.59 Å². The number of phenols is 1. The van der Waals surface area contributed by atoms with Gasteiger partial charge in [0.1, 0.15) is 22.8 Å². The second-order valence-corrected chi connectivity index (χ2v) is 10.2. The maximum absolute atomic E-state index is 12.9. The van der Waals surface area contributed by atoms with Gasteiger partial charge in [0.05, 0.1) is 6.61 Å². The predicted octanol–water partition coefficient (Wildman–Crippen LogP) is 5.00. The van der Waals surface area contributed by atoms with E-state index in [4.69, 9.17) is 14.2 Å². The van der Waals surface area contributed by atoms with Gasteiger partial charge in [-0.05, 0) is 83.2 Å². The SMILES string of the molecule is CCOC(=O)NCc1ccc(Oc2cc(O)cc(C(=O)NC3CCC(NC(=O)OC(C)(C)C)CC3)c2)cc1. The van der Waals surface area contributed by atoms with Gasteiger partial charge in [0.15, 0.2) is 0 Å². The van der Waals surface area contributed by atoms with Gasteiger partial charge in [0.2, 0.25) is 0 Å². The number of carbonyl (C=O) groups is 3. The number of hydrogen-bond acceptors (Lipinski definition) is 7. The standard InChI is InChI=1S/C28H37N3O7/c1-5-36-26(34)29-17-18-6-12-23(13-7-18)37-24-15-19(14-22(32)16-24)25(33)30-20-8-10-21(11-9-20)31-27(35)38-28(2,3)4/h6-7,12-16,20-21,32H,5,8-11,17H2,1-4H3,(H,29,34)(H,30,33)(H,31,35). The van der Waals surface area contributed by atoms with Crippen molar-refractivity contribution in [3.63, 3.8) is 0 Å². The Morgan fingerprint density at radius 2 is 1.53 bits per heavy atom. The summed E-state index contributed by atoms with van der Waals surface area (Å²) >= 11 is 0. The summed E-state index contributed by atoms with van der Waals surface area (Å²) in [7, 11) is 0. The van der Waals surface area contributed by atoms with Crippen LogP contribution in [0.1, 0.15) is 69.3 Å². The molecule has 1 aliphatic carbocycles. The average Bonchev–Trinajstić information content (AvgIpc) is 2.83. The summed E-state index contributed by atoms with van der Waals surface area (Å²) in [4.78, 5) is 36.3. The van der Waals surface area contributed by atoms with E-state index in [9.17, 15) is 19.5 Å². The van der Waals surface area contributed by atoms with Gasteiger partial charge in [-0.1, -0.05) is 12.1 Å². The van der Waals surface area contributed by atoms with Crippen molar-refractivity contribution < 1.29 is 33.7 Å². The maximum Gasteiger partial charge on any atom is 0.407 e. The number of amides is 3. The normalized spacial score (nSPS) is 17.2. The van der Waals surface area contributed by atoms with Gasteiger partial charge in [-0.3, -0.25) is 4.79 Å². The summed E-state index contributed by atoms with van der Waals surface area (Å²) in [5.74, 6) is 0.429. The quantitative estimate of drug-likeness (QED) is 0.380. The molecule has 0 radical (unpaired) electrons. The van der Waals surface area contributed by atoms with Gasteiger partial charge in [-0.15, -0.1) is 0 Å². The Labute approximate surface area is 223 Å². The first-order valence-electron chi connectivity index (χ1n) is 12.8. The monoisotopic (exact) mass is 527 g/mol. The molecule has 38 heavy (non-hydrogen) atoms. The molecule has 1 saturated carbocycles. The number of nitrogens with one attached hydrogen (secondary N) is 3. The highest BCUT2D eigenvalue weighted by molar-refractivity contribution is 5.95. The maximum atomic E-state index is 12.9. The molecule has 2 aromatic carbocycles. The molecule has 4 N–H and O–H groups in total. The van der Waals surface area contributed by atoms with E-state index in [1.165, 1.54) is 12.1 Å². The van der Waals surface area contributed by atoms with Crippen LogP contribution in [0.25, 0.3) is 0 Å². The van der Waals surface area contributed by atoms with Crippen LogP contribution < -0.4 is 20.7 Å². The minimum atomic E-state index is -0.550. The molecule has 3 amide bonds. The number of alkyl carbamates (subject to hydrolysis) is 2. The summed E-state index contributed by atoms with van der Waals surface area (Å²) in [6, 6.07) is 11.4. The van der Waals surface area contributed by atoms with Crippen molar-refractivity contribution in [3.8, 4) is 17.2 Å². The van der Waals surface area contributed by atoms with Crippen LogP contribution in [-0.4, -0.2) is 47.5 Å². The molecular formula is C28H37N3O7. The lowest BCUT2D eigenvalue weighted by Gasteiger charge is -2.30. The molecule has 206 valence electrons. The third-order valence-corrected chi connectivity index (χ3v) is 5.81. The van der Waals surface area contributed by atoms with Crippen LogP contribution in [0.5, 0.6) is 17.2 Å². The molecule has 2 aromatic rings. The van der Waals surface area contributed by atoms with Crippen molar-refractivity contribution in [2.45, 2.75) is 77.6 Å². The molecule has 0 spiro atoms. The zero-order valence-corrected chi connectivity index (χ0v) is 22.3. The van der Waals surface area contributed by atoms with Crippen molar-refractivity contribution in [1.29, 1.82) is 0 Å². The van der Waals surface area contributed by atoms with Crippen LogP contribution in [0.15, 0.2) is 42.5 Å². The number of phenolic OH excluding ortho intramolecular Hbond substituents is 1. The first kappa shape index (κ1) is 28.6. The van der Waals surface area contributed by atoms with E-state index in [2.05, 4.69) is 16.0 Å². The number of ether oxygens (including phenoxy) is 3. The lowest BCUT2D eigenvalue weighted by Crippen LogP contribution is -2.45. The minimum absolute atomic E-state index is 0.00565. The first-order chi connectivity index (χ1) is 18.0. The van der Waals surface area contributed by atoms with Crippen LogP contribution in [0.3, 0.4) is 0 Å². The first-order valence-corrected chi connectivity index (χ1v) is 12.8. The van der Waals surface area contributed by atoms with E-state index in [-0.39, 0.29) is 29.3 Å². The van der Waals surface area contributed by atoms with Gasteiger partial charge in [0, 0.05) is 30.3 Å². The molecule has 0 aliphatic heterocycles. The zero-order chi connectivity index (χ0) is 27.7. The minimum Gasteiger partial charge on any atom is -0.508 e. The Balaban J connectivity index is 1.51. The van der Waals surface area contributed by atoms with Crippen LogP contribution >= 0.6 is 0 Å². The fourth-order valence-corrected chi connectivity index (χ4v) is 4.07. The van der Waals surface area contributed by atoms with E-state index in [1.54, 1.807) is 37.3 Å². The molecule has 10 heteroatoms. The highest BCUT2D eigenvalue weighted by Gasteiger charge is 2.26. The van der Waals surface area contributed by atoms with Gasteiger partial charge in [0.25, 0.3) is 5.91 Å². The molecule has 0 heterocycles. The molecule has 3 rings (SSSR count). The van der Waals surface area contributed by atoms with Crippen LogP contribution in [-0.2, 0) is 16.0 Å². The molecule has 0 aromatic heterocycles. The van der Waals surface area contributed by atoms with E-state index in [1.807, 2.05) is 20.8 Å². The third-order valence-electron chi connectivity index (χ3n) is 5.81. The second kappa shape index (κ2) is 13.0. The Morgan fingerprint density at radius 3 is 2.13 bits per heavy atom. The molecule has 0 atom stereocenters. The summed E-state index contributed by atoms with van der Waals surface area (Å²) < 4.78 is 16.0. The topological polar surface area (TPSA) is 135 Å². The average molecular weight is 528 g/mol. The molecule has 10 nitrogen and oxygen atoms in total. The number of rotatable bonds is 8. The summed E-state index contributed by atoms with van der Waals surface area (Å²) in [6.07, 6.45) is 1.97. The Morgan fingerprint density at radius 1 is 0.895 bits per heavy atom. The van der Waals surface area contributed by atoms with Gasteiger partial charge < -0.3 is 35.3 Å². The highest BCUT2D eigenvalue weighted by atomic mass is 16.6.